The van der Waals surface area contributed by atoms with E-state index in [2.05, 4.69) is 4.98 Å². The molecule has 0 aliphatic carbocycles. The number of imidazole rings is 1. The van der Waals surface area contributed by atoms with Gasteiger partial charge in [0.05, 0.1) is 16.6 Å². The Morgan fingerprint density at radius 3 is 2.80 bits per heavy atom. The Kier molecular flexibility index (Phi) is 2.04. The maximum atomic E-state index is 11.3. The fourth-order valence-corrected chi connectivity index (χ4v) is 1.74. The highest BCUT2D eigenvalue weighted by Gasteiger charge is 2.14. The van der Waals surface area contributed by atoms with Crippen molar-refractivity contribution < 1.29 is 9.90 Å². The van der Waals surface area contributed by atoms with Crippen LogP contribution >= 0.6 is 11.6 Å². The van der Waals surface area contributed by atoms with E-state index in [1.54, 1.807) is 0 Å². The lowest BCUT2D eigenvalue weighted by molar-refractivity contribution is 0.0698. The minimum Gasteiger partial charge on any atom is -0.478 e. The van der Waals surface area contributed by atoms with Gasteiger partial charge in [-0.15, -0.1) is 0 Å². The van der Waals surface area contributed by atoms with Crippen LogP contribution in [-0.4, -0.2) is 20.6 Å². The number of fused-ring (bicyclic) bond motifs is 1. The van der Waals surface area contributed by atoms with Gasteiger partial charge in [0.1, 0.15) is 0 Å². The third kappa shape index (κ3) is 1.41. The van der Waals surface area contributed by atoms with Crippen molar-refractivity contribution in [1.29, 1.82) is 0 Å². The van der Waals surface area contributed by atoms with E-state index in [1.165, 1.54) is 23.7 Å². The van der Waals surface area contributed by atoms with Gasteiger partial charge in [0, 0.05) is 12.1 Å². The normalized spacial score (nSPS) is 10.8. The SMILES string of the molecule is Cn1c(=O)[nH]c2cc(Cl)cc(C(=O)O)c21. The van der Waals surface area contributed by atoms with Gasteiger partial charge in [0.15, 0.2) is 0 Å². The second-order valence-electron chi connectivity index (χ2n) is 3.14. The Hall–Kier alpha value is -1.75. The number of carbonyl (C=O) groups is 1. The minimum atomic E-state index is -1.11. The molecule has 2 N–H and O–H groups in total. The second-order valence-corrected chi connectivity index (χ2v) is 3.58. The van der Waals surface area contributed by atoms with Crippen LogP contribution in [-0.2, 0) is 7.05 Å². The van der Waals surface area contributed by atoms with Gasteiger partial charge in [-0.2, -0.15) is 0 Å². The van der Waals surface area contributed by atoms with Crippen molar-refractivity contribution in [2.75, 3.05) is 0 Å². The van der Waals surface area contributed by atoms with Gasteiger partial charge in [-0.25, -0.2) is 9.59 Å². The summed E-state index contributed by atoms with van der Waals surface area (Å²) in [5.41, 5.74) is 0.414. The number of nitrogens with one attached hydrogen (secondary N) is 1. The molecule has 0 saturated carbocycles. The molecule has 1 heterocycles. The van der Waals surface area contributed by atoms with Gasteiger partial charge < -0.3 is 10.1 Å². The van der Waals surface area contributed by atoms with Crippen LogP contribution in [0.4, 0.5) is 0 Å². The van der Waals surface area contributed by atoms with E-state index in [0.29, 0.717) is 11.0 Å². The fraction of sp³-hybridized carbons (Fsp3) is 0.111. The van der Waals surface area contributed by atoms with Crippen molar-refractivity contribution in [3.8, 4) is 0 Å². The zero-order chi connectivity index (χ0) is 11.2. The summed E-state index contributed by atoms with van der Waals surface area (Å²) in [6.07, 6.45) is 0. The number of aromatic carboxylic acids is 1. The minimum absolute atomic E-state index is 0.0124. The summed E-state index contributed by atoms with van der Waals surface area (Å²) in [4.78, 5) is 24.8. The molecule has 1 aromatic heterocycles. The summed E-state index contributed by atoms with van der Waals surface area (Å²) < 4.78 is 1.25. The Balaban J connectivity index is 3.01. The van der Waals surface area contributed by atoms with Crippen LogP contribution in [0.5, 0.6) is 0 Å². The van der Waals surface area contributed by atoms with Crippen molar-refractivity contribution in [2.24, 2.45) is 7.05 Å². The van der Waals surface area contributed by atoms with Crippen molar-refractivity contribution in [2.45, 2.75) is 0 Å². The number of aromatic nitrogens is 2. The van der Waals surface area contributed by atoms with E-state index < -0.39 is 5.97 Å². The monoisotopic (exact) mass is 226 g/mol. The lowest BCUT2D eigenvalue weighted by atomic mass is 10.2. The Labute approximate surface area is 88.9 Å². The lowest BCUT2D eigenvalue weighted by Gasteiger charge is -2.00. The van der Waals surface area contributed by atoms with Crippen molar-refractivity contribution in [3.05, 3.63) is 33.2 Å². The molecular formula is C9H7ClN2O3. The molecule has 15 heavy (non-hydrogen) atoms. The summed E-state index contributed by atoms with van der Waals surface area (Å²) in [6.45, 7) is 0. The average Bonchev–Trinajstić information content (AvgIpc) is 2.41. The van der Waals surface area contributed by atoms with Crippen LogP contribution in [0.3, 0.4) is 0 Å². The van der Waals surface area contributed by atoms with Crippen molar-refractivity contribution in [3.63, 3.8) is 0 Å². The molecule has 78 valence electrons. The predicted octanol–water partition coefficient (Wildman–Crippen LogP) is 1.22. The number of rotatable bonds is 1. The predicted molar refractivity (Wildman–Crippen MR) is 55.5 cm³/mol. The quantitative estimate of drug-likeness (QED) is 0.768. The summed E-state index contributed by atoms with van der Waals surface area (Å²) in [5, 5.41) is 9.23. The van der Waals surface area contributed by atoms with Gasteiger partial charge in [0.2, 0.25) is 0 Å². The molecule has 2 rings (SSSR count). The number of hydrogen-bond donors (Lipinski definition) is 2. The first-order valence-corrected chi connectivity index (χ1v) is 4.50. The van der Waals surface area contributed by atoms with E-state index in [1.807, 2.05) is 0 Å². The van der Waals surface area contributed by atoms with E-state index in [9.17, 15) is 9.59 Å². The van der Waals surface area contributed by atoms with Crippen LogP contribution < -0.4 is 5.69 Å². The molecule has 6 heteroatoms. The maximum absolute atomic E-state index is 11.3. The summed E-state index contributed by atoms with van der Waals surface area (Å²) in [6, 6.07) is 2.84. The van der Waals surface area contributed by atoms with Crippen LogP contribution in [0.2, 0.25) is 5.02 Å². The maximum Gasteiger partial charge on any atom is 0.337 e. The van der Waals surface area contributed by atoms with Crippen LogP contribution in [0.25, 0.3) is 11.0 Å². The number of halogens is 1. The third-order valence-electron chi connectivity index (χ3n) is 2.19. The molecule has 0 saturated heterocycles. The van der Waals surface area contributed by atoms with Gasteiger partial charge in [0.25, 0.3) is 0 Å². The highest BCUT2D eigenvalue weighted by atomic mass is 35.5. The first-order chi connectivity index (χ1) is 7.00. The Morgan fingerprint density at radius 1 is 1.53 bits per heavy atom. The molecule has 0 radical (unpaired) electrons. The zero-order valence-electron chi connectivity index (χ0n) is 7.74. The average molecular weight is 227 g/mol. The molecule has 0 aliphatic rings. The summed E-state index contributed by atoms with van der Waals surface area (Å²) >= 11 is 5.73. The number of hydrogen-bond acceptors (Lipinski definition) is 2. The molecule has 0 amide bonds. The molecule has 2 aromatic rings. The number of benzene rings is 1. The number of aryl methyl sites for hydroxylation is 1. The molecule has 0 spiro atoms. The Bertz CT molecular complexity index is 612. The van der Waals surface area contributed by atoms with Gasteiger partial charge in [-0.05, 0) is 12.1 Å². The largest absolute Gasteiger partial charge is 0.478 e. The standard InChI is InChI=1S/C9H7ClN2O3/c1-12-7-5(8(13)14)2-4(10)3-6(7)11-9(12)15/h2-3H,1H3,(H,11,15)(H,13,14). The van der Waals surface area contributed by atoms with E-state index >= 15 is 0 Å². The van der Waals surface area contributed by atoms with Gasteiger partial charge in [-0.3, -0.25) is 4.57 Å². The van der Waals surface area contributed by atoms with E-state index in [-0.39, 0.29) is 16.3 Å². The molecule has 0 aliphatic heterocycles. The molecule has 0 atom stereocenters. The molecular weight excluding hydrogens is 220 g/mol. The number of nitrogens with zero attached hydrogens (tertiary/aromatic N) is 1. The molecule has 0 fully saturated rings. The van der Waals surface area contributed by atoms with Crippen LogP contribution in [0.15, 0.2) is 16.9 Å². The number of H-pyrrole nitrogens is 1. The summed E-state index contributed by atoms with van der Waals surface area (Å²) in [7, 11) is 1.50. The van der Waals surface area contributed by atoms with Crippen LogP contribution in [0, 0.1) is 0 Å². The summed E-state index contributed by atoms with van der Waals surface area (Å²) in [5.74, 6) is -1.11. The van der Waals surface area contributed by atoms with Crippen LogP contribution in [0.1, 0.15) is 10.4 Å². The second kappa shape index (κ2) is 3.13. The molecule has 1 aromatic carbocycles. The molecule has 0 unspecified atom stereocenters. The highest BCUT2D eigenvalue weighted by Crippen LogP contribution is 2.21. The highest BCUT2D eigenvalue weighted by molar-refractivity contribution is 6.31. The smallest absolute Gasteiger partial charge is 0.337 e. The number of carboxylic acid groups (broad SMARTS) is 1. The van der Waals surface area contributed by atoms with E-state index in [0.717, 1.165) is 0 Å². The molecule has 0 bridgehead atoms. The third-order valence-corrected chi connectivity index (χ3v) is 2.40. The zero-order valence-corrected chi connectivity index (χ0v) is 8.50. The van der Waals surface area contributed by atoms with Crippen molar-refractivity contribution >= 4 is 28.6 Å². The number of aromatic amines is 1. The van der Waals surface area contributed by atoms with E-state index in [4.69, 9.17) is 16.7 Å². The number of carboxylic acids is 1. The van der Waals surface area contributed by atoms with Crippen molar-refractivity contribution in [1.82, 2.24) is 9.55 Å². The fourth-order valence-electron chi connectivity index (χ4n) is 1.52. The first kappa shape index (κ1) is 9.79. The van der Waals surface area contributed by atoms with Gasteiger partial charge in [-0.1, -0.05) is 11.6 Å². The Morgan fingerprint density at radius 2 is 2.20 bits per heavy atom. The lowest BCUT2D eigenvalue weighted by Crippen LogP contribution is -2.13. The first-order valence-electron chi connectivity index (χ1n) is 4.12. The van der Waals surface area contributed by atoms with Gasteiger partial charge >= 0.3 is 11.7 Å². The topological polar surface area (TPSA) is 75.1 Å². The molecule has 5 nitrogen and oxygen atoms in total.